The second-order valence-corrected chi connectivity index (χ2v) is 5.12. The van der Waals surface area contributed by atoms with Crippen molar-refractivity contribution in [1.82, 2.24) is 10.3 Å². The summed E-state index contributed by atoms with van der Waals surface area (Å²) in [5, 5.41) is 3.59. The fraction of sp³-hybridized carbons (Fsp3) is 0.667. The van der Waals surface area contributed by atoms with Crippen LogP contribution in [0.2, 0.25) is 0 Å². The lowest BCUT2D eigenvalue weighted by Gasteiger charge is -2.25. The number of hydrogen-bond donors (Lipinski definition) is 1. The Bertz CT molecular complexity index is 377. The molecular formula is C15H24N2O. The lowest BCUT2D eigenvalue weighted by atomic mass is 9.91. The van der Waals surface area contributed by atoms with E-state index in [2.05, 4.69) is 30.2 Å². The standard InChI is InChI=1S/C15H24N2O/c1-4-17-15(11(3)12-6-7-12)13-8-14(18-5-2)10-16-9-13/h8-12,15,17H,4-7H2,1-3H3. The molecule has 2 unspecified atom stereocenters. The molecule has 18 heavy (non-hydrogen) atoms. The van der Waals surface area contributed by atoms with E-state index in [-0.39, 0.29) is 0 Å². The summed E-state index contributed by atoms with van der Waals surface area (Å²) in [4.78, 5) is 4.30. The van der Waals surface area contributed by atoms with Crippen LogP contribution in [0.1, 0.15) is 45.2 Å². The third kappa shape index (κ3) is 3.22. The summed E-state index contributed by atoms with van der Waals surface area (Å²) in [6.45, 7) is 8.18. The molecule has 2 rings (SSSR count). The van der Waals surface area contributed by atoms with E-state index in [0.29, 0.717) is 18.6 Å². The minimum Gasteiger partial charge on any atom is -0.492 e. The monoisotopic (exact) mass is 248 g/mol. The van der Waals surface area contributed by atoms with Crippen LogP contribution in [0, 0.1) is 11.8 Å². The highest BCUT2D eigenvalue weighted by molar-refractivity contribution is 5.26. The van der Waals surface area contributed by atoms with Gasteiger partial charge in [0, 0.05) is 12.2 Å². The Labute approximate surface area is 110 Å². The van der Waals surface area contributed by atoms with E-state index in [0.717, 1.165) is 18.2 Å². The number of rotatable bonds is 7. The molecule has 0 aliphatic heterocycles. The van der Waals surface area contributed by atoms with E-state index < -0.39 is 0 Å². The van der Waals surface area contributed by atoms with Gasteiger partial charge < -0.3 is 10.1 Å². The Morgan fingerprint density at radius 3 is 2.78 bits per heavy atom. The van der Waals surface area contributed by atoms with Crippen LogP contribution in [-0.4, -0.2) is 18.1 Å². The maximum absolute atomic E-state index is 5.54. The maximum Gasteiger partial charge on any atom is 0.137 e. The molecule has 0 saturated heterocycles. The van der Waals surface area contributed by atoms with Crippen molar-refractivity contribution in [3.63, 3.8) is 0 Å². The van der Waals surface area contributed by atoms with Gasteiger partial charge in [0.15, 0.2) is 0 Å². The number of nitrogens with one attached hydrogen (secondary N) is 1. The van der Waals surface area contributed by atoms with E-state index >= 15 is 0 Å². The van der Waals surface area contributed by atoms with Crippen LogP contribution in [0.4, 0.5) is 0 Å². The normalized spacial score (nSPS) is 18.4. The molecule has 1 N–H and O–H groups in total. The van der Waals surface area contributed by atoms with Gasteiger partial charge in [-0.15, -0.1) is 0 Å². The van der Waals surface area contributed by atoms with Crippen LogP contribution in [-0.2, 0) is 0 Å². The van der Waals surface area contributed by atoms with Crippen molar-refractivity contribution in [1.29, 1.82) is 0 Å². The molecule has 0 radical (unpaired) electrons. The zero-order valence-corrected chi connectivity index (χ0v) is 11.6. The first-order valence-electron chi connectivity index (χ1n) is 7.07. The summed E-state index contributed by atoms with van der Waals surface area (Å²) < 4.78 is 5.54. The molecule has 1 aromatic heterocycles. The zero-order valence-electron chi connectivity index (χ0n) is 11.6. The Morgan fingerprint density at radius 1 is 1.39 bits per heavy atom. The van der Waals surface area contributed by atoms with E-state index in [9.17, 15) is 0 Å². The van der Waals surface area contributed by atoms with E-state index in [1.54, 1.807) is 6.20 Å². The lowest BCUT2D eigenvalue weighted by Crippen LogP contribution is -2.28. The Kier molecular flexibility index (Phi) is 4.59. The smallest absolute Gasteiger partial charge is 0.137 e. The predicted octanol–water partition coefficient (Wildman–Crippen LogP) is 3.18. The minimum absolute atomic E-state index is 0.399. The molecule has 3 nitrogen and oxygen atoms in total. The molecule has 0 aromatic carbocycles. The Morgan fingerprint density at radius 2 is 2.17 bits per heavy atom. The van der Waals surface area contributed by atoms with Crippen LogP contribution in [0.15, 0.2) is 18.5 Å². The second-order valence-electron chi connectivity index (χ2n) is 5.12. The highest BCUT2D eigenvalue weighted by atomic mass is 16.5. The second kappa shape index (κ2) is 6.19. The van der Waals surface area contributed by atoms with Crippen molar-refractivity contribution in [3.05, 3.63) is 24.0 Å². The molecule has 0 spiro atoms. The molecule has 0 bridgehead atoms. The Balaban J connectivity index is 2.15. The van der Waals surface area contributed by atoms with Crippen LogP contribution in [0.5, 0.6) is 5.75 Å². The molecule has 1 fully saturated rings. The highest BCUT2D eigenvalue weighted by Gasteiger charge is 2.33. The largest absolute Gasteiger partial charge is 0.492 e. The summed E-state index contributed by atoms with van der Waals surface area (Å²) in [5.74, 6) is 2.43. The van der Waals surface area contributed by atoms with Gasteiger partial charge in [-0.05, 0) is 49.8 Å². The first-order valence-corrected chi connectivity index (χ1v) is 7.07. The first-order chi connectivity index (χ1) is 8.76. The van der Waals surface area contributed by atoms with Gasteiger partial charge in [-0.1, -0.05) is 13.8 Å². The molecule has 3 heteroatoms. The molecule has 1 aliphatic rings. The van der Waals surface area contributed by atoms with E-state index in [4.69, 9.17) is 4.74 Å². The molecule has 1 aliphatic carbocycles. The van der Waals surface area contributed by atoms with E-state index in [1.165, 1.54) is 18.4 Å². The van der Waals surface area contributed by atoms with Crippen molar-refractivity contribution < 1.29 is 4.74 Å². The van der Waals surface area contributed by atoms with Crippen molar-refractivity contribution in [2.75, 3.05) is 13.2 Å². The first kappa shape index (κ1) is 13.3. The van der Waals surface area contributed by atoms with Gasteiger partial charge >= 0.3 is 0 Å². The number of ether oxygens (including phenoxy) is 1. The van der Waals surface area contributed by atoms with Gasteiger partial charge in [0.2, 0.25) is 0 Å². The molecule has 1 heterocycles. The number of pyridine rings is 1. The van der Waals surface area contributed by atoms with Gasteiger partial charge in [0.25, 0.3) is 0 Å². The lowest BCUT2D eigenvalue weighted by molar-refractivity contribution is 0.331. The number of nitrogens with zero attached hydrogens (tertiary/aromatic N) is 1. The van der Waals surface area contributed by atoms with Crippen LogP contribution in [0.3, 0.4) is 0 Å². The van der Waals surface area contributed by atoms with Crippen molar-refractivity contribution in [2.45, 2.75) is 39.7 Å². The quantitative estimate of drug-likeness (QED) is 0.804. The molecule has 0 amide bonds. The minimum atomic E-state index is 0.399. The fourth-order valence-corrected chi connectivity index (χ4v) is 2.57. The maximum atomic E-state index is 5.54. The average molecular weight is 248 g/mol. The molecular weight excluding hydrogens is 224 g/mol. The van der Waals surface area contributed by atoms with Crippen molar-refractivity contribution in [3.8, 4) is 5.75 Å². The third-order valence-corrected chi connectivity index (χ3v) is 3.72. The molecule has 1 aromatic rings. The Hall–Kier alpha value is -1.09. The summed E-state index contributed by atoms with van der Waals surface area (Å²) in [7, 11) is 0. The number of aromatic nitrogens is 1. The summed E-state index contributed by atoms with van der Waals surface area (Å²) >= 11 is 0. The van der Waals surface area contributed by atoms with Crippen molar-refractivity contribution in [2.24, 2.45) is 11.8 Å². The molecule has 1 saturated carbocycles. The fourth-order valence-electron chi connectivity index (χ4n) is 2.57. The van der Waals surface area contributed by atoms with Crippen molar-refractivity contribution >= 4 is 0 Å². The highest BCUT2D eigenvalue weighted by Crippen LogP contribution is 2.42. The summed E-state index contributed by atoms with van der Waals surface area (Å²) in [5.41, 5.74) is 1.25. The number of hydrogen-bond acceptors (Lipinski definition) is 3. The summed E-state index contributed by atoms with van der Waals surface area (Å²) in [6.07, 6.45) is 6.51. The van der Waals surface area contributed by atoms with E-state index in [1.807, 2.05) is 13.1 Å². The third-order valence-electron chi connectivity index (χ3n) is 3.72. The topological polar surface area (TPSA) is 34.2 Å². The van der Waals surface area contributed by atoms with Crippen LogP contribution < -0.4 is 10.1 Å². The summed E-state index contributed by atoms with van der Waals surface area (Å²) in [6, 6.07) is 2.53. The zero-order chi connectivity index (χ0) is 13.0. The van der Waals surface area contributed by atoms with Gasteiger partial charge in [0.05, 0.1) is 12.8 Å². The average Bonchev–Trinajstić information content (AvgIpc) is 3.20. The van der Waals surface area contributed by atoms with Gasteiger partial charge in [-0.2, -0.15) is 0 Å². The van der Waals surface area contributed by atoms with Gasteiger partial charge in [-0.25, -0.2) is 0 Å². The molecule has 2 atom stereocenters. The molecule has 100 valence electrons. The van der Waals surface area contributed by atoms with Crippen LogP contribution >= 0.6 is 0 Å². The SMILES string of the molecule is CCNC(c1cncc(OCC)c1)C(C)C1CC1. The van der Waals surface area contributed by atoms with Crippen LogP contribution in [0.25, 0.3) is 0 Å². The van der Waals surface area contributed by atoms with Gasteiger partial charge in [-0.3, -0.25) is 4.98 Å². The predicted molar refractivity (Wildman–Crippen MR) is 73.7 cm³/mol. The van der Waals surface area contributed by atoms with Gasteiger partial charge in [0.1, 0.15) is 5.75 Å².